The highest BCUT2D eigenvalue weighted by molar-refractivity contribution is 5.95. The largest absolute Gasteiger partial charge is 0.378 e. The Bertz CT molecular complexity index is 792. The molecule has 2 aliphatic heterocycles. The van der Waals surface area contributed by atoms with Crippen molar-refractivity contribution in [2.24, 2.45) is 0 Å². The lowest BCUT2D eigenvalue weighted by Crippen LogP contribution is -2.50. The second-order valence-electron chi connectivity index (χ2n) is 6.86. The molecule has 0 radical (unpaired) electrons. The number of rotatable bonds is 4. The number of ether oxygens (including phenoxy) is 1. The van der Waals surface area contributed by atoms with E-state index in [1.165, 1.54) is 19.0 Å². The molecule has 0 aliphatic carbocycles. The van der Waals surface area contributed by atoms with Gasteiger partial charge in [0.05, 0.1) is 31.5 Å². The third-order valence-electron chi connectivity index (χ3n) is 5.18. The van der Waals surface area contributed by atoms with Crippen LogP contribution in [0, 0.1) is 5.82 Å². The van der Waals surface area contributed by atoms with E-state index in [0.29, 0.717) is 29.9 Å². The summed E-state index contributed by atoms with van der Waals surface area (Å²) in [5.74, 6) is -0.552. The number of hydrogen-bond donors (Lipinski definition) is 1. The van der Waals surface area contributed by atoms with Crippen LogP contribution in [0.2, 0.25) is 0 Å². The Kier molecular flexibility index (Phi) is 4.95. The Morgan fingerprint density at radius 2 is 2.08 bits per heavy atom. The van der Waals surface area contributed by atoms with E-state index in [1.54, 1.807) is 36.5 Å². The fraction of sp³-hybridized carbons (Fsp3) is 0.400. The van der Waals surface area contributed by atoms with Crippen LogP contribution in [0.1, 0.15) is 23.2 Å². The first-order valence-corrected chi connectivity index (χ1v) is 9.05. The third-order valence-corrected chi connectivity index (χ3v) is 5.18. The van der Waals surface area contributed by atoms with Crippen LogP contribution < -0.4 is 5.32 Å². The zero-order valence-electron chi connectivity index (χ0n) is 14.5. The normalized spacial score (nSPS) is 23.3. The van der Waals surface area contributed by atoms with E-state index in [-0.39, 0.29) is 18.0 Å². The molecule has 2 fully saturated rings. The summed E-state index contributed by atoms with van der Waals surface area (Å²) in [5.41, 5.74) is 1.62. The fourth-order valence-electron chi connectivity index (χ4n) is 3.80. The lowest BCUT2D eigenvalue weighted by Gasteiger charge is -2.28. The zero-order valence-corrected chi connectivity index (χ0v) is 14.5. The number of carbonyl (C=O) groups excluding carboxylic acids is 1. The molecule has 136 valence electrons. The number of nitrogens with one attached hydrogen (secondary N) is 1. The summed E-state index contributed by atoms with van der Waals surface area (Å²) in [5, 5.41) is 3.10. The van der Waals surface area contributed by atoms with Crippen molar-refractivity contribution in [3.8, 4) is 11.1 Å². The van der Waals surface area contributed by atoms with E-state index >= 15 is 0 Å². The molecule has 4 rings (SSSR count). The van der Waals surface area contributed by atoms with Gasteiger partial charge >= 0.3 is 0 Å². The van der Waals surface area contributed by atoms with Crippen molar-refractivity contribution in [2.75, 3.05) is 26.3 Å². The van der Waals surface area contributed by atoms with Crippen LogP contribution in [0.5, 0.6) is 0 Å². The second kappa shape index (κ2) is 7.51. The Balaban J connectivity index is 1.50. The molecule has 0 unspecified atom stereocenters. The van der Waals surface area contributed by atoms with E-state index in [0.717, 1.165) is 13.1 Å². The van der Waals surface area contributed by atoms with E-state index in [1.807, 2.05) is 0 Å². The van der Waals surface area contributed by atoms with Crippen LogP contribution in [0.3, 0.4) is 0 Å². The fourth-order valence-corrected chi connectivity index (χ4v) is 3.80. The molecule has 26 heavy (non-hydrogen) atoms. The lowest BCUT2D eigenvalue weighted by atomic mass is 10.0. The molecule has 1 amide bonds. The Morgan fingerprint density at radius 1 is 1.23 bits per heavy atom. The number of hydrogen-bond acceptors (Lipinski definition) is 4. The number of amides is 1. The molecular formula is C20H22FN3O2. The van der Waals surface area contributed by atoms with Gasteiger partial charge in [-0.1, -0.05) is 12.1 Å². The van der Waals surface area contributed by atoms with Crippen molar-refractivity contribution in [2.45, 2.75) is 24.9 Å². The molecule has 2 aliphatic rings. The second-order valence-corrected chi connectivity index (χ2v) is 6.86. The van der Waals surface area contributed by atoms with Crippen molar-refractivity contribution < 1.29 is 13.9 Å². The minimum Gasteiger partial charge on any atom is -0.378 e. The highest BCUT2D eigenvalue weighted by atomic mass is 19.1. The smallest absolute Gasteiger partial charge is 0.251 e. The van der Waals surface area contributed by atoms with Crippen molar-refractivity contribution in [3.63, 3.8) is 0 Å². The summed E-state index contributed by atoms with van der Waals surface area (Å²) in [6.07, 6.45) is 5.13. The molecule has 1 aromatic carbocycles. The van der Waals surface area contributed by atoms with Gasteiger partial charge in [-0.3, -0.25) is 14.7 Å². The molecule has 0 saturated carbocycles. The van der Waals surface area contributed by atoms with Gasteiger partial charge in [0, 0.05) is 17.3 Å². The van der Waals surface area contributed by atoms with Crippen molar-refractivity contribution in [1.82, 2.24) is 15.2 Å². The average Bonchev–Trinajstić information content (AvgIpc) is 3.33. The maximum absolute atomic E-state index is 14.0. The van der Waals surface area contributed by atoms with Gasteiger partial charge in [-0.25, -0.2) is 4.39 Å². The summed E-state index contributed by atoms with van der Waals surface area (Å²) in [6, 6.07) is 8.87. The Morgan fingerprint density at radius 3 is 2.88 bits per heavy atom. The summed E-state index contributed by atoms with van der Waals surface area (Å²) in [4.78, 5) is 18.9. The predicted octanol–water partition coefficient (Wildman–Crippen LogP) is 2.48. The minimum atomic E-state index is -0.400. The van der Waals surface area contributed by atoms with Crippen molar-refractivity contribution in [3.05, 3.63) is 54.1 Å². The van der Waals surface area contributed by atoms with Gasteiger partial charge in [-0.15, -0.1) is 0 Å². The van der Waals surface area contributed by atoms with Crippen LogP contribution in [0.15, 0.2) is 42.7 Å². The topological polar surface area (TPSA) is 54.5 Å². The van der Waals surface area contributed by atoms with Gasteiger partial charge in [0.25, 0.3) is 5.91 Å². The van der Waals surface area contributed by atoms with Crippen LogP contribution in [0.4, 0.5) is 4.39 Å². The molecule has 2 aromatic rings. The Hall–Kier alpha value is -2.31. The summed E-state index contributed by atoms with van der Waals surface area (Å²) in [6.45, 7) is 3.33. The molecule has 3 heterocycles. The standard InChI is InChI=1S/C20H22FN3O2/c21-17-11-22-7-6-16(17)14-4-3-5-15(10-14)20(25)23-18-12-26-13-19(18)24-8-1-2-9-24/h3-7,10-11,18-19H,1-2,8-9,12-13H2,(H,23,25)/t18-,19-/m0/s1. The van der Waals surface area contributed by atoms with Gasteiger partial charge < -0.3 is 10.1 Å². The van der Waals surface area contributed by atoms with E-state index in [2.05, 4.69) is 15.2 Å². The highest BCUT2D eigenvalue weighted by Gasteiger charge is 2.35. The van der Waals surface area contributed by atoms with Gasteiger partial charge in [-0.2, -0.15) is 0 Å². The predicted molar refractivity (Wildman–Crippen MR) is 96.3 cm³/mol. The van der Waals surface area contributed by atoms with E-state index in [4.69, 9.17) is 4.74 Å². The molecule has 0 spiro atoms. The van der Waals surface area contributed by atoms with Crippen molar-refractivity contribution in [1.29, 1.82) is 0 Å². The number of likely N-dealkylation sites (tertiary alicyclic amines) is 1. The molecule has 1 N–H and O–H groups in total. The maximum atomic E-state index is 14.0. The van der Waals surface area contributed by atoms with Gasteiger partial charge in [-0.05, 0) is 49.7 Å². The number of pyridine rings is 1. The molecular weight excluding hydrogens is 333 g/mol. The third kappa shape index (κ3) is 3.48. The minimum absolute atomic E-state index is 0.0121. The van der Waals surface area contributed by atoms with Crippen LogP contribution in [0.25, 0.3) is 11.1 Å². The van der Waals surface area contributed by atoms with Crippen LogP contribution >= 0.6 is 0 Å². The van der Waals surface area contributed by atoms with Gasteiger partial charge in [0.15, 0.2) is 0 Å². The number of benzene rings is 1. The summed E-state index contributed by atoms with van der Waals surface area (Å²) < 4.78 is 19.6. The average molecular weight is 355 g/mol. The molecule has 5 nitrogen and oxygen atoms in total. The van der Waals surface area contributed by atoms with Gasteiger partial charge in [0.2, 0.25) is 0 Å². The molecule has 1 aromatic heterocycles. The number of halogens is 1. The first-order chi connectivity index (χ1) is 12.7. The monoisotopic (exact) mass is 355 g/mol. The molecule has 2 atom stereocenters. The lowest BCUT2D eigenvalue weighted by molar-refractivity contribution is 0.0916. The first kappa shape index (κ1) is 17.1. The number of carbonyl (C=O) groups is 1. The molecule has 6 heteroatoms. The Labute approximate surface area is 152 Å². The SMILES string of the molecule is O=C(N[C@H]1COC[C@@H]1N1CCCC1)c1cccc(-c2ccncc2F)c1. The highest BCUT2D eigenvalue weighted by Crippen LogP contribution is 2.23. The molecule has 0 bridgehead atoms. The summed E-state index contributed by atoms with van der Waals surface area (Å²) in [7, 11) is 0. The van der Waals surface area contributed by atoms with Crippen molar-refractivity contribution >= 4 is 5.91 Å². The van der Waals surface area contributed by atoms with Gasteiger partial charge in [0.1, 0.15) is 5.82 Å². The van der Waals surface area contributed by atoms with E-state index < -0.39 is 5.82 Å². The first-order valence-electron chi connectivity index (χ1n) is 9.05. The maximum Gasteiger partial charge on any atom is 0.251 e. The van der Waals surface area contributed by atoms with E-state index in [9.17, 15) is 9.18 Å². The summed E-state index contributed by atoms with van der Waals surface area (Å²) >= 11 is 0. The number of aromatic nitrogens is 1. The quantitative estimate of drug-likeness (QED) is 0.916. The van der Waals surface area contributed by atoms with Crippen LogP contribution in [-0.2, 0) is 4.74 Å². The number of nitrogens with zero attached hydrogens (tertiary/aromatic N) is 2. The molecule has 2 saturated heterocycles. The van der Waals surface area contributed by atoms with Crippen LogP contribution in [-0.4, -0.2) is 54.2 Å². The zero-order chi connectivity index (χ0) is 17.9.